The van der Waals surface area contributed by atoms with Crippen LogP contribution < -0.4 is 5.73 Å². The maximum Gasteiger partial charge on any atom is 0.109 e. The van der Waals surface area contributed by atoms with Gasteiger partial charge in [0.2, 0.25) is 0 Å². The molecule has 0 aliphatic carbocycles. The number of hydrogen-bond donors (Lipinski definition) is 2. The van der Waals surface area contributed by atoms with Gasteiger partial charge in [-0.25, -0.2) is 4.98 Å². The zero-order valence-corrected chi connectivity index (χ0v) is 16.1. The van der Waals surface area contributed by atoms with Gasteiger partial charge >= 0.3 is 0 Å². The lowest BCUT2D eigenvalue weighted by atomic mass is 9.96. The van der Waals surface area contributed by atoms with Crippen molar-refractivity contribution in [3.8, 4) is 0 Å². The van der Waals surface area contributed by atoms with Gasteiger partial charge in [-0.05, 0) is 19.4 Å². The number of nitrogens with zero attached hydrogens (tertiary/aromatic N) is 1. The summed E-state index contributed by atoms with van der Waals surface area (Å²) in [6, 6.07) is 0. The number of aromatic nitrogens is 2. The van der Waals surface area contributed by atoms with Crippen LogP contribution in [0, 0.1) is 0 Å². The highest BCUT2D eigenvalue weighted by Crippen LogP contribution is 2.23. The van der Waals surface area contributed by atoms with Gasteiger partial charge in [0.15, 0.2) is 0 Å². The van der Waals surface area contributed by atoms with Crippen molar-refractivity contribution in [2.24, 2.45) is 5.73 Å². The van der Waals surface area contributed by atoms with Gasteiger partial charge in [-0.3, -0.25) is 0 Å². The van der Waals surface area contributed by atoms with Crippen LogP contribution in [0.2, 0.25) is 0 Å². The van der Waals surface area contributed by atoms with Crippen molar-refractivity contribution in [3.63, 3.8) is 0 Å². The number of halogens is 1. The summed E-state index contributed by atoms with van der Waals surface area (Å²) < 4.78 is 0. The molecule has 0 aromatic carbocycles. The summed E-state index contributed by atoms with van der Waals surface area (Å²) in [5.74, 6) is 1.65. The van der Waals surface area contributed by atoms with Gasteiger partial charge in [0.05, 0.1) is 0 Å². The molecule has 130 valence electrons. The fourth-order valence-corrected chi connectivity index (χ4v) is 3.00. The molecule has 1 rings (SSSR count). The van der Waals surface area contributed by atoms with E-state index in [9.17, 15) is 0 Å². The smallest absolute Gasteiger partial charge is 0.109 e. The molecule has 1 aromatic rings. The zero-order chi connectivity index (χ0) is 15.2. The Hall–Kier alpha value is -0.350. The second-order valence-electron chi connectivity index (χ2n) is 6.22. The average molecular weight is 374 g/mol. The maximum atomic E-state index is 5.71. The molecular formula is C18H36BrN3. The van der Waals surface area contributed by atoms with Crippen LogP contribution in [0.4, 0.5) is 0 Å². The summed E-state index contributed by atoms with van der Waals surface area (Å²) in [4.78, 5) is 7.63. The fourth-order valence-electron chi connectivity index (χ4n) is 3.00. The molecule has 0 spiro atoms. The average Bonchev–Trinajstić information content (AvgIpc) is 3.02. The van der Waals surface area contributed by atoms with Crippen LogP contribution in [0.1, 0.15) is 95.7 Å². The summed E-state index contributed by atoms with van der Waals surface area (Å²) >= 11 is 0. The predicted molar refractivity (Wildman–Crippen MR) is 102 cm³/mol. The van der Waals surface area contributed by atoms with Crippen molar-refractivity contribution in [1.29, 1.82) is 0 Å². The monoisotopic (exact) mass is 373 g/mol. The summed E-state index contributed by atoms with van der Waals surface area (Å²) in [5.41, 5.74) is 5.71. The molecule has 0 radical (unpaired) electrons. The number of H-pyrrole nitrogens is 1. The number of hydrogen-bond acceptors (Lipinski definition) is 2. The Labute approximate surface area is 147 Å². The van der Waals surface area contributed by atoms with Crippen molar-refractivity contribution in [1.82, 2.24) is 9.97 Å². The van der Waals surface area contributed by atoms with E-state index in [4.69, 9.17) is 5.73 Å². The van der Waals surface area contributed by atoms with Crippen LogP contribution in [-0.4, -0.2) is 16.5 Å². The first kappa shape index (κ1) is 21.6. The molecular weight excluding hydrogens is 338 g/mol. The second kappa shape index (κ2) is 15.5. The third-order valence-electron chi connectivity index (χ3n) is 4.33. The largest absolute Gasteiger partial charge is 0.348 e. The van der Waals surface area contributed by atoms with E-state index in [0.29, 0.717) is 5.92 Å². The Morgan fingerprint density at radius 3 is 2.05 bits per heavy atom. The van der Waals surface area contributed by atoms with E-state index in [2.05, 4.69) is 16.9 Å². The molecule has 0 amide bonds. The molecule has 1 aromatic heterocycles. The maximum absolute atomic E-state index is 5.71. The molecule has 0 saturated heterocycles. The van der Waals surface area contributed by atoms with Crippen molar-refractivity contribution in [2.75, 3.05) is 6.54 Å². The molecule has 3 nitrogen and oxygen atoms in total. The van der Waals surface area contributed by atoms with Gasteiger partial charge in [0, 0.05) is 18.3 Å². The van der Waals surface area contributed by atoms with Crippen LogP contribution in [0.25, 0.3) is 0 Å². The van der Waals surface area contributed by atoms with E-state index in [-0.39, 0.29) is 17.0 Å². The lowest BCUT2D eigenvalue weighted by Gasteiger charge is -2.13. The fraction of sp³-hybridized carbons (Fsp3) is 0.833. The lowest BCUT2D eigenvalue weighted by Crippen LogP contribution is -2.09. The van der Waals surface area contributed by atoms with E-state index in [0.717, 1.165) is 18.8 Å². The van der Waals surface area contributed by atoms with Crippen molar-refractivity contribution in [3.05, 3.63) is 18.2 Å². The standard InChI is InChI=1S/C18H35N3.BrH/c1-2-3-4-5-6-7-8-9-10-11-12-17(13-14-19)18-20-15-16-21-18;/h15-17H,2-14,19H2,1H3,(H,20,21);1H. The van der Waals surface area contributed by atoms with Crippen LogP contribution in [0.5, 0.6) is 0 Å². The summed E-state index contributed by atoms with van der Waals surface area (Å²) in [5, 5.41) is 0. The number of unbranched alkanes of at least 4 members (excludes halogenated alkanes) is 9. The highest BCUT2D eigenvalue weighted by molar-refractivity contribution is 8.93. The summed E-state index contributed by atoms with van der Waals surface area (Å²) in [7, 11) is 0. The van der Waals surface area contributed by atoms with Gasteiger partial charge in [0.25, 0.3) is 0 Å². The van der Waals surface area contributed by atoms with Gasteiger partial charge < -0.3 is 10.7 Å². The van der Waals surface area contributed by atoms with E-state index >= 15 is 0 Å². The van der Waals surface area contributed by atoms with E-state index in [1.165, 1.54) is 70.6 Å². The number of imidazole rings is 1. The van der Waals surface area contributed by atoms with Crippen molar-refractivity contribution >= 4 is 17.0 Å². The van der Waals surface area contributed by atoms with Gasteiger partial charge in [0.1, 0.15) is 5.82 Å². The molecule has 3 N–H and O–H groups in total. The molecule has 0 bridgehead atoms. The molecule has 1 unspecified atom stereocenters. The van der Waals surface area contributed by atoms with Crippen LogP contribution in [0.15, 0.2) is 12.4 Å². The van der Waals surface area contributed by atoms with Crippen molar-refractivity contribution in [2.45, 2.75) is 89.9 Å². The minimum Gasteiger partial charge on any atom is -0.348 e. The molecule has 0 saturated carbocycles. The van der Waals surface area contributed by atoms with Crippen molar-refractivity contribution < 1.29 is 0 Å². The minimum atomic E-state index is 0. The third-order valence-corrected chi connectivity index (χ3v) is 4.33. The first-order valence-electron chi connectivity index (χ1n) is 9.07. The molecule has 1 atom stereocenters. The minimum absolute atomic E-state index is 0. The third kappa shape index (κ3) is 10.4. The number of aromatic amines is 1. The van der Waals surface area contributed by atoms with Crippen LogP contribution in [-0.2, 0) is 0 Å². The van der Waals surface area contributed by atoms with E-state index in [1.54, 1.807) is 0 Å². The van der Waals surface area contributed by atoms with E-state index < -0.39 is 0 Å². The summed E-state index contributed by atoms with van der Waals surface area (Å²) in [6.07, 6.45) is 20.0. The molecule has 1 heterocycles. The number of nitrogens with two attached hydrogens (primary N) is 1. The SMILES string of the molecule is Br.CCCCCCCCCCCCC(CCN)c1ncc[nH]1. The van der Waals surface area contributed by atoms with Crippen LogP contribution >= 0.6 is 17.0 Å². The highest BCUT2D eigenvalue weighted by Gasteiger charge is 2.12. The van der Waals surface area contributed by atoms with Gasteiger partial charge in [-0.15, -0.1) is 17.0 Å². The first-order valence-corrected chi connectivity index (χ1v) is 9.07. The van der Waals surface area contributed by atoms with E-state index in [1.807, 2.05) is 12.4 Å². The highest BCUT2D eigenvalue weighted by atomic mass is 79.9. The van der Waals surface area contributed by atoms with Gasteiger partial charge in [-0.1, -0.05) is 71.1 Å². The Kier molecular flexibility index (Phi) is 15.3. The Balaban J connectivity index is 0.00000441. The molecule has 0 fully saturated rings. The number of nitrogens with one attached hydrogen (secondary N) is 1. The molecule has 4 heteroatoms. The predicted octanol–water partition coefficient (Wildman–Crippen LogP) is 5.73. The van der Waals surface area contributed by atoms with Gasteiger partial charge in [-0.2, -0.15) is 0 Å². The Morgan fingerprint density at radius 1 is 0.955 bits per heavy atom. The molecule has 0 aliphatic heterocycles. The number of rotatable bonds is 14. The van der Waals surface area contributed by atoms with Crippen LogP contribution in [0.3, 0.4) is 0 Å². The Morgan fingerprint density at radius 2 is 1.55 bits per heavy atom. The summed E-state index contributed by atoms with van der Waals surface area (Å²) in [6.45, 7) is 3.03. The topological polar surface area (TPSA) is 54.7 Å². The Bertz CT molecular complexity index is 314. The molecule has 0 aliphatic rings. The second-order valence-corrected chi connectivity index (χ2v) is 6.22. The molecule has 22 heavy (non-hydrogen) atoms. The zero-order valence-electron chi connectivity index (χ0n) is 14.4. The normalized spacial score (nSPS) is 12.1. The quantitative estimate of drug-likeness (QED) is 0.409. The first-order chi connectivity index (χ1) is 10.4. The lowest BCUT2D eigenvalue weighted by molar-refractivity contribution is 0.500.